The molecule has 0 aliphatic carbocycles. The topological polar surface area (TPSA) is 370 Å². The van der Waals surface area contributed by atoms with E-state index in [2.05, 4.69) is 35.4 Å². The fourth-order valence-corrected chi connectivity index (χ4v) is 7.72. The van der Waals surface area contributed by atoms with Gasteiger partial charge in [-0.05, 0) is 89.8 Å². The van der Waals surface area contributed by atoms with Crippen molar-refractivity contribution in [2.24, 2.45) is 30.7 Å². The molecule has 6 rings (SSSR count). The molecule has 25 heteroatoms. The normalized spacial score (nSPS) is 12.6. The van der Waals surface area contributed by atoms with E-state index in [-0.39, 0.29) is 28.5 Å². The molecule has 6 aromatic rings. The molecule has 0 spiro atoms. The lowest BCUT2D eigenvalue weighted by Gasteiger charge is -2.14. The number of hydrogen-bond acceptors (Lipinski definition) is 18. The SMILES string of the molecule is Nc1ccc(N=Nc2ccc(CNS(=O)(=O)c3ccc(N=Nc4c(S(=O)(=O)O)cc5cc(S(=O)(=O)O)c(N=Nc6ccc([N+](=O)[O-])cc6)c(N)c5c4O)cc3)cc2)c(N)c1. The Bertz CT molecular complexity index is 3110. The summed E-state index contributed by atoms with van der Waals surface area (Å²) >= 11 is 0. The van der Waals surface area contributed by atoms with Crippen LogP contribution in [-0.4, -0.2) is 44.4 Å². The van der Waals surface area contributed by atoms with E-state index < -0.39 is 78.6 Å². The lowest BCUT2D eigenvalue weighted by molar-refractivity contribution is -0.384. The number of rotatable bonds is 13. The lowest BCUT2D eigenvalue weighted by atomic mass is 10.1. The van der Waals surface area contributed by atoms with Gasteiger partial charge in [-0.15, -0.1) is 15.3 Å². The van der Waals surface area contributed by atoms with Gasteiger partial charge in [-0.3, -0.25) is 19.2 Å². The minimum Gasteiger partial charge on any atom is -0.505 e. The summed E-state index contributed by atoms with van der Waals surface area (Å²) in [5.41, 5.74) is 17.5. The Hall–Kier alpha value is -7.29. The number of sulfonamides is 1. The average molecular weight is 876 g/mol. The molecule has 0 aliphatic rings. The van der Waals surface area contributed by atoms with Crippen LogP contribution < -0.4 is 21.9 Å². The van der Waals surface area contributed by atoms with Gasteiger partial charge in [0.1, 0.15) is 26.9 Å². The van der Waals surface area contributed by atoms with Crippen LogP contribution in [0.1, 0.15) is 5.56 Å². The summed E-state index contributed by atoms with van der Waals surface area (Å²) in [6.45, 7) is -0.0965. The first-order valence-corrected chi connectivity index (χ1v) is 21.0. The fourth-order valence-electron chi connectivity index (χ4n) is 5.37. The van der Waals surface area contributed by atoms with Crippen molar-refractivity contribution in [3.05, 3.63) is 119 Å². The fraction of sp³-hybridized carbons (Fsp3) is 0.0286. The van der Waals surface area contributed by atoms with Gasteiger partial charge in [0.15, 0.2) is 5.75 Å². The molecular formula is C35H29N11O11S3. The number of nitrogen functional groups attached to an aromatic ring is 3. The summed E-state index contributed by atoms with van der Waals surface area (Å²) in [6.07, 6.45) is 0. The number of nitrogens with one attached hydrogen (secondary N) is 1. The largest absolute Gasteiger partial charge is 0.505 e. The summed E-state index contributed by atoms with van der Waals surface area (Å²) < 4.78 is 98.1. The van der Waals surface area contributed by atoms with Crippen LogP contribution in [0.4, 0.5) is 56.9 Å². The number of aromatic hydroxyl groups is 1. The molecule has 0 bridgehead atoms. The number of benzene rings is 6. The highest BCUT2D eigenvalue weighted by Gasteiger charge is 2.28. The van der Waals surface area contributed by atoms with Crippen molar-refractivity contribution in [2.45, 2.75) is 21.2 Å². The second-order valence-corrected chi connectivity index (χ2v) is 17.0. The van der Waals surface area contributed by atoms with Crippen LogP contribution in [-0.2, 0) is 36.8 Å². The highest BCUT2D eigenvalue weighted by molar-refractivity contribution is 7.89. The second kappa shape index (κ2) is 16.5. The highest BCUT2D eigenvalue weighted by atomic mass is 32.2. The van der Waals surface area contributed by atoms with Crippen molar-refractivity contribution in [1.82, 2.24) is 4.72 Å². The number of nitro benzene ring substituents is 1. The van der Waals surface area contributed by atoms with Crippen molar-refractivity contribution < 1.29 is 44.4 Å². The van der Waals surface area contributed by atoms with E-state index in [9.17, 15) is 49.6 Å². The zero-order chi connectivity index (χ0) is 43.6. The van der Waals surface area contributed by atoms with E-state index in [1.807, 2.05) is 0 Å². The number of phenols is 1. The van der Waals surface area contributed by atoms with Crippen LogP contribution in [0, 0.1) is 10.1 Å². The molecule has 0 atom stereocenters. The number of azo groups is 3. The molecule has 10 N–H and O–H groups in total. The molecule has 0 fully saturated rings. The van der Waals surface area contributed by atoms with Crippen molar-refractivity contribution in [2.75, 3.05) is 17.2 Å². The van der Waals surface area contributed by atoms with Crippen LogP contribution in [0.5, 0.6) is 5.75 Å². The maximum atomic E-state index is 13.1. The molecule has 6 aromatic carbocycles. The highest BCUT2D eigenvalue weighted by Crippen LogP contribution is 2.48. The van der Waals surface area contributed by atoms with E-state index in [1.54, 1.807) is 42.5 Å². The summed E-state index contributed by atoms with van der Waals surface area (Å²) in [5.74, 6) is -1.03. The zero-order valence-electron chi connectivity index (χ0n) is 30.2. The first-order chi connectivity index (χ1) is 28.2. The van der Waals surface area contributed by atoms with Crippen molar-refractivity contribution in [3.8, 4) is 5.75 Å². The van der Waals surface area contributed by atoms with Crippen LogP contribution in [0.15, 0.2) is 149 Å². The van der Waals surface area contributed by atoms with Gasteiger partial charge in [0.05, 0.1) is 43.6 Å². The summed E-state index contributed by atoms with van der Waals surface area (Å²) in [7, 11) is -14.4. The monoisotopic (exact) mass is 875 g/mol. The molecule has 60 heavy (non-hydrogen) atoms. The number of fused-ring (bicyclic) bond motifs is 1. The average Bonchev–Trinajstić information content (AvgIpc) is 3.18. The minimum atomic E-state index is -5.22. The molecule has 0 heterocycles. The van der Waals surface area contributed by atoms with Gasteiger partial charge in [0, 0.05) is 24.4 Å². The van der Waals surface area contributed by atoms with Crippen molar-refractivity contribution in [3.63, 3.8) is 0 Å². The lowest BCUT2D eigenvalue weighted by Crippen LogP contribution is -2.23. The molecule has 22 nitrogen and oxygen atoms in total. The number of hydrogen-bond donors (Lipinski definition) is 7. The van der Waals surface area contributed by atoms with Crippen molar-refractivity contribution >= 4 is 97.9 Å². The Balaban J connectivity index is 1.25. The van der Waals surface area contributed by atoms with Crippen LogP contribution in [0.25, 0.3) is 10.8 Å². The molecule has 0 aromatic heterocycles. The predicted octanol–water partition coefficient (Wildman–Crippen LogP) is 7.42. The van der Waals surface area contributed by atoms with Gasteiger partial charge in [-0.2, -0.15) is 32.2 Å². The van der Waals surface area contributed by atoms with E-state index in [0.717, 1.165) is 12.1 Å². The first-order valence-electron chi connectivity index (χ1n) is 16.6. The van der Waals surface area contributed by atoms with Gasteiger partial charge >= 0.3 is 0 Å². The maximum Gasteiger partial charge on any atom is 0.296 e. The molecule has 0 radical (unpaired) electrons. The van der Waals surface area contributed by atoms with Gasteiger partial charge in [0.2, 0.25) is 10.0 Å². The Morgan fingerprint density at radius 1 is 0.633 bits per heavy atom. The summed E-state index contributed by atoms with van der Waals surface area (Å²) in [6, 6.07) is 22.0. The maximum absolute atomic E-state index is 13.1. The number of non-ortho nitro benzene ring substituents is 1. The van der Waals surface area contributed by atoms with Crippen LogP contribution in [0.2, 0.25) is 0 Å². The van der Waals surface area contributed by atoms with E-state index >= 15 is 0 Å². The number of phenolic OH excluding ortho intramolecular Hbond substituents is 1. The Morgan fingerprint density at radius 3 is 1.67 bits per heavy atom. The molecular weight excluding hydrogens is 847 g/mol. The standard InChI is InChI=1S/C35H29N11O11S3/c36-21-3-14-28(27(37)17-21)43-40-22-4-1-19(2-5-22)18-39-58(50,51)26-12-8-24(9-13-26)42-45-34-30(60(55,56)57)16-20-15-29(59(52,53)54)33(32(38)31(20)35(34)47)44-41-23-6-10-25(11-7-23)46(48)49/h1-17,39,47H,18,36-38H2,(H,52,53,54)(H,55,56,57). The number of nitrogens with zero attached hydrogens (tertiary/aromatic N) is 7. The summed E-state index contributed by atoms with van der Waals surface area (Å²) in [5, 5.41) is 44.8. The Morgan fingerprint density at radius 2 is 1.13 bits per heavy atom. The minimum absolute atomic E-state index is 0.0100. The van der Waals surface area contributed by atoms with Gasteiger partial charge in [-0.25, -0.2) is 13.1 Å². The second-order valence-electron chi connectivity index (χ2n) is 12.4. The molecule has 0 saturated heterocycles. The van der Waals surface area contributed by atoms with E-state index in [1.165, 1.54) is 36.4 Å². The Kier molecular flexibility index (Phi) is 11.7. The number of anilines is 3. The van der Waals surface area contributed by atoms with E-state index in [4.69, 9.17) is 17.2 Å². The van der Waals surface area contributed by atoms with E-state index in [0.29, 0.717) is 40.4 Å². The van der Waals surface area contributed by atoms with Gasteiger partial charge in [-0.1, -0.05) is 12.1 Å². The van der Waals surface area contributed by atoms with Gasteiger partial charge < -0.3 is 22.3 Å². The third-order valence-electron chi connectivity index (χ3n) is 8.34. The predicted molar refractivity (Wildman–Crippen MR) is 217 cm³/mol. The van der Waals surface area contributed by atoms with Gasteiger partial charge in [0.25, 0.3) is 25.9 Å². The smallest absolute Gasteiger partial charge is 0.296 e. The number of nitro groups is 1. The molecule has 0 amide bonds. The molecule has 0 saturated carbocycles. The molecule has 0 aliphatic heterocycles. The van der Waals surface area contributed by atoms with Crippen LogP contribution in [0.3, 0.4) is 0 Å². The van der Waals surface area contributed by atoms with Crippen molar-refractivity contribution in [1.29, 1.82) is 0 Å². The molecule has 0 unspecified atom stereocenters. The third-order valence-corrected chi connectivity index (χ3v) is 11.5. The number of nitrogens with two attached hydrogens (primary N) is 3. The Labute approximate surface area is 339 Å². The first kappa shape index (κ1) is 42.3. The zero-order valence-corrected chi connectivity index (χ0v) is 32.7. The summed E-state index contributed by atoms with van der Waals surface area (Å²) in [4.78, 5) is 8.10. The third kappa shape index (κ3) is 9.52. The molecule has 308 valence electrons. The van der Waals surface area contributed by atoms with Crippen LogP contribution >= 0.6 is 0 Å². The quantitative estimate of drug-likeness (QED) is 0.0195.